The van der Waals surface area contributed by atoms with Gasteiger partial charge in [-0.1, -0.05) is 33.1 Å². The molecule has 15 heavy (non-hydrogen) atoms. The van der Waals surface area contributed by atoms with Crippen LogP contribution in [-0.4, -0.2) is 9.78 Å². The van der Waals surface area contributed by atoms with Gasteiger partial charge in [-0.05, 0) is 12.8 Å². The molecule has 0 aromatic carbocycles. The number of aryl methyl sites for hydroxylation is 1. The van der Waals surface area contributed by atoms with Crippen molar-refractivity contribution in [2.75, 3.05) is 0 Å². The molecule has 3 nitrogen and oxygen atoms in total. The van der Waals surface area contributed by atoms with Crippen molar-refractivity contribution in [3.63, 3.8) is 0 Å². The fourth-order valence-electron chi connectivity index (χ4n) is 1.63. The topological polar surface area (TPSA) is 43.8 Å². The molecule has 0 aliphatic rings. The SMILES string of the molecule is CCCCCCn1cc(C(N)CC)cn1. The van der Waals surface area contributed by atoms with Crippen molar-refractivity contribution in [1.82, 2.24) is 9.78 Å². The van der Waals surface area contributed by atoms with Gasteiger partial charge in [-0.15, -0.1) is 0 Å². The van der Waals surface area contributed by atoms with Crippen LogP contribution in [-0.2, 0) is 6.54 Å². The van der Waals surface area contributed by atoms with Crippen LogP contribution in [0.3, 0.4) is 0 Å². The van der Waals surface area contributed by atoms with Gasteiger partial charge in [0.05, 0.1) is 6.20 Å². The van der Waals surface area contributed by atoms with Crippen molar-refractivity contribution < 1.29 is 0 Å². The highest BCUT2D eigenvalue weighted by molar-refractivity contribution is 5.08. The molecule has 0 aliphatic carbocycles. The molecule has 1 aromatic rings. The second-order valence-electron chi connectivity index (χ2n) is 4.11. The van der Waals surface area contributed by atoms with Gasteiger partial charge in [-0.25, -0.2) is 0 Å². The lowest BCUT2D eigenvalue weighted by Gasteiger charge is -2.04. The average molecular weight is 209 g/mol. The number of unbranched alkanes of at least 4 members (excludes halogenated alkanes) is 3. The van der Waals surface area contributed by atoms with Gasteiger partial charge in [-0.3, -0.25) is 4.68 Å². The minimum absolute atomic E-state index is 0.148. The van der Waals surface area contributed by atoms with Gasteiger partial charge < -0.3 is 5.73 Å². The zero-order valence-electron chi connectivity index (χ0n) is 9.95. The molecule has 0 aliphatic heterocycles. The van der Waals surface area contributed by atoms with Crippen LogP contribution in [0.5, 0.6) is 0 Å². The molecular weight excluding hydrogens is 186 g/mol. The lowest BCUT2D eigenvalue weighted by Crippen LogP contribution is -2.07. The number of nitrogens with two attached hydrogens (primary N) is 1. The first-order chi connectivity index (χ1) is 7.27. The van der Waals surface area contributed by atoms with Crippen LogP contribution in [0.1, 0.15) is 57.6 Å². The first kappa shape index (κ1) is 12.2. The molecule has 0 amide bonds. The van der Waals surface area contributed by atoms with Gasteiger partial charge in [0, 0.05) is 24.3 Å². The minimum atomic E-state index is 0.148. The highest BCUT2D eigenvalue weighted by Crippen LogP contribution is 2.12. The lowest BCUT2D eigenvalue weighted by atomic mass is 10.1. The first-order valence-corrected chi connectivity index (χ1v) is 6.05. The minimum Gasteiger partial charge on any atom is -0.324 e. The standard InChI is InChI=1S/C12H23N3/c1-3-5-6-7-8-15-10-11(9-14-15)12(13)4-2/h9-10,12H,3-8,13H2,1-2H3. The third-order valence-electron chi connectivity index (χ3n) is 2.76. The Morgan fingerprint density at radius 1 is 1.33 bits per heavy atom. The Kier molecular flexibility index (Phi) is 5.40. The Morgan fingerprint density at radius 3 is 2.80 bits per heavy atom. The molecule has 2 N–H and O–H groups in total. The highest BCUT2D eigenvalue weighted by Gasteiger charge is 2.05. The van der Waals surface area contributed by atoms with Crippen molar-refractivity contribution in [3.05, 3.63) is 18.0 Å². The highest BCUT2D eigenvalue weighted by atomic mass is 15.3. The largest absolute Gasteiger partial charge is 0.324 e. The summed E-state index contributed by atoms with van der Waals surface area (Å²) < 4.78 is 2.01. The molecule has 3 heteroatoms. The Labute approximate surface area is 92.7 Å². The molecule has 0 fully saturated rings. The molecule has 0 radical (unpaired) electrons. The molecule has 1 atom stereocenters. The molecule has 86 valence electrons. The Balaban J connectivity index is 2.33. The summed E-state index contributed by atoms with van der Waals surface area (Å²) in [6, 6.07) is 0.148. The van der Waals surface area contributed by atoms with E-state index in [1.54, 1.807) is 0 Å². The molecular formula is C12H23N3. The van der Waals surface area contributed by atoms with E-state index in [0.29, 0.717) is 0 Å². The molecule has 0 bridgehead atoms. The van der Waals surface area contributed by atoms with E-state index in [-0.39, 0.29) is 6.04 Å². The average Bonchev–Trinajstić information content (AvgIpc) is 2.72. The fourth-order valence-corrected chi connectivity index (χ4v) is 1.63. The van der Waals surface area contributed by atoms with Gasteiger partial charge in [-0.2, -0.15) is 5.10 Å². The molecule has 0 saturated heterocycles. The van der Waals surface area contributed by atoms with Crippen molar-refractivity contribution in [2.24, 2.45) is 5.73 Å². The van der Waals surface area contributed by atoms with E-state index in [1.807, 2.05) is 10.9 Å². The quantitative estimate of drug-likeness (QED) is 0.702. The summed E-state index contributed by atoms with van der Waals surface area (Å²) in [6.07, 6.45) is 10.1. The maximum Gasteiger partial charge on any atom is 0.0537 e. The van der Waals surface area contributed by atoms with Crippen molar-refractivity contribution >= 4 is 0 Å². The number of rotatable bonds is 7. The predicted molar refractivity (Wildman–Crippen MR) is 63.6 cm³/mol. The van der Waals surface area contributed by atoms with E-state index >= 15 is 0 Å². The second kappa shape index (κ2) is 6.62. The first-order valence-electron chi connectivity index (χ1n) is 6.05. The van der Waals surface area contributed by atoms with Crippen molar-refractivity contribution in [2.45, 2.75) is 58.5 Å². The van der Waals surface area contributed by atoms with Crippen LogP contribution in [0, 0.1) is 0 Å². The normalized spacial score (nSPS) is 13.0. The zero-order valence-corrected chi connectivity index (χ0v) is 9.95. The maximum absolute atomic E-state index is 5.93. The summed E-state index contributed by atoms with van der Waals surface area (Å²) >= 11 is 0. The fraction of sp³-hybridized carbons (Fsp3) is 0.750. The summed E-state index contributed by atoms with van der Waals surface area (Å²) in [4.78, 5) is 0. The zero-order chi connectivity index (χ0) is 11.1. The van der Waals surface area contributed by atoms with E-state index in [9.17, 15) is 0 Å². The summed E-state index contributed by atoms with van der Waals surface area (Å²) in [7, 11) is 0. The van der Waals surface area contributed by atoms with Crippen LogP contribution < -0.4 is 5.73 Å². The van der Waals surface area contributed by atoms with Gasteiger partial charge >= 0.3 is 0 Å². The van der Waals surface area contributed by atoms with Crippen LogP contribution in [0.2, 0.25) is 0 Å². The molecule has 1 heterocycles. The lowest BCUT2D eigenvalue weighted by molar-refractivity contribution is 0.540. The van der Waals surface area contributed by atoms with Gasteiger partial charge in [0.1, 0.15) is 0 Å². The summed E-state index contributed by atoms with van der Waals surface area (Å²) in [5, 5.41) is 4.32. The van der Waals surface area contributed by atoms with Crippen LogP contribution in [0.4, 0.5) is 0 Å². The van der Waals surface area contributed by atoms with Crippen LogP contribution in [0.15, 0.2) is 12.4 Å². The van der Waals surface area contributed by atoms with Crippen molar-refractivity contribution in [3.8, 4) is 0 Å². The number of hydrogen-bond acceptors (Lipinski definition) is 2. The van der Waals surface area contributed by atoms with Gasteiger partial charge in [0.15, 0.2) is 0 Å². The van der Waals surface area contributed by atoms with E-state index < -0.39 is 0 Å². The van der Waals surface area contributed by atoms with E-state index in [4.69, 9.17) is 5.73 Å². The molecule has 0 spiro atoms. The molecule has 1 unspecified atom stereocenters. The number of hydrogen-bond donors (Lipinski definition) is 1. The third kappa shape index (κ3) is 4.04. The van der Waals surface area contributed by atoms with Crippen molar-refractivity contribution in [1.29, 1.82) is 0 Å². The Morgan fingerprint density at radius 2 is 2.13 bits per heavy atom. The smallest absolute Gasteiger partial charge is 0.0537 e. The molecule has 1 rings (SSSR count). The number of nitrogens with zero attached hydrogens (tertiary/aromatic N) is 2. The van der Waals surface area contributed by atoms with E-state index in [1.165, 1.54) is 25.7 Å². The van der Waals surface area contributed by atoms with Gasteiger partial charge in [0.25, 0.3) is 0 Å². The Hall–Kier alpha value is -0.830. The Bertz CT molecular complexity index is 268. The third-order valence-corrected chi connectivity index (χ3v) is 2.76. The summed E-state index contributed by atoms with van der Waals surface area (Å²) in [5.41, 5.74) is 7.09. The molecule has 0 saturated carbocycles. The van der Waals surface area contributed by atoms with Crippen LogP contribution >= 0.6 is 0 Å². The van der Waals surface area contributed by atoms with E-state index in [0.717, 1.165) is 18.5 Å². The second-order valence-corrected chi connectivity index (χ2v) is 4.11. The number of aromatic nitrogens is 2. The molecule has 1 aromatic heterocycles. The van der Waals surface area contributed by atoms with Gasteiger partial charge in [0.2, 0.25) is 0 Å². The monoisotopic (exact) mass is 209 g/mol. The predicted octanol–water partition coefficient (Wildman–Crippen LogP) is 2.87. The summed E-state index contributed by atoms with van der Waals surface area (Å²) in [5.74, 6) is 0. The summed E-state index contributed by atoms with van der Waals surface area (Å²) in [6.45, 7) is 5.35. The van der Waals surface area contributed by atoms with E-state index in [2.05, 4.69) is 25.1 Å². The van der Waals surface area contributed by atoms with Crippen LogP contribution in [0.25, 0.3) is 0 Å². The maximum atomic E-state index is 5.93.